The molecule has 1 unspecified atom stereocenters. The fourth-order valence-corrected chi connectivity index (χ4v) is 1.54. The molecule has 1 aliphatic heterocycles. The molecule has 0 aliphatic carbocycles. The molecule has 2 nitrogen and oxygen atoms in total. The Balaban J connectivity index is 2.74. The van der Waals surface area contributed by atoms with Crippen LogP contribution < -0.4 is 0 Å². The number of ketones is 1. The molecule has 0 saturated carbocycles. The average molecular weight is 230 g/mol. The normalized spacial score (nSPS) is 19.2. The van der Waals surface area contributed by atoms with Crippen molar-refractivity contribution in [3.63, 3.8) is 0 Å². The van der Waals surface area contributed by atoms with Crippen LogP contribution in [-0.2, 0) is 0 Å². The molecule has 0 amide bonds. The Labute approximate surface area is 89.6 Å². The summed E-state index contributed by atoms with van der Waals surface area (Å²) in [6, 6.07) is 0.927. The fraction of sp³-hybridized carbons (Fsp3) is 0.200. The zero-order valence-corrected chi connectivity index (χ0v) is 8.48. The minimum Gasteiger partial charge on any atom is -0.293 e. The summed E-state index contributed by atoms with van der Waals surface area (Å²) in [5.41, 5.74) is -0.228. The predicted octanol–water partition coefficient (Wildman–Crippen LogP) is 3.15. The first kappa shape index (κ1) is 10.2. The van der Waals surface area contributed by atoms with Gasteiger partial charge in [-0.15, -0.1) is 0 Å². The number of aliphatic imine (C=N–C) groups is 1. The Morgan fingerprint density at radius 2 is 2.13 bits per heavy atom. The van der Waals surface area contributed by atoms with Gasteiger partial charge in [0.15, 0.2) is 11.6 Å². The second kappa shape index (κ2) is 3.38. The maximum atomic E-state index is 13.4. The number of nitrogens with zero attached hydrogens (tertiary/aromatic N) is 1. The molecular weight excluding hydrogens is 224 g/mol. The molecule has 5 heteroatoms. The van der Waals surface area contributed by atoms with Gasteiger partial charge in [0.25, 0.3) is 0 Å². The highest BCUT2D eigenvalue weighted by Crippen LogP contribution is 2.34. The second-order valence-corrected chi connectivity index (χ2v) is 3.69. The van der Waals surface area contributed by atoms with Crippen molar-refractivity contribution in [3.8, 4) is 0 Å². The summed E-state index contributed by atoms with van der Waals surface area (Å²) in [5, 5.41) is -0.631. The lowest BCUT2D eigenvalue weighted by atomic mass is 9.96. The van der Waals surface area contributed by atoms with Gasteiger partial charge in [-0.25, -0.2) is 8.78 Å². The number of rotatable bonds is 0. The van der Waals surface area contributed by atoms with Gasteiger partial charge in [0.05, 0.1) is 5.92 Å². The second-order valence-electron chi connectivity index (χ2n) is 3.31. The van der Waals surface area contributed by atoms with Crippen molar-refractivity contribution >= 4 is 29.3 Å². The molecule has 0 spiro atoms. The van der Waals surface area contributed by atoms with Crippen LogP contribution in [0.4, 0.5) is 14.5 Å². The molecule has 0 fully saturated rings. The largest absolute Gasteiger partial charge is 0.293 e. The van der Waals surface area contributed by atoms with Crippen LogP contribution in [0.15, 0.2) is 11.1 Å². The van der Waals surface area contributed by atoms with Crippen LogP contribution in [0.25, 0.3) is 0 Å². The van der Waals surface area contributed by atoms with Crippen LogP contribution >= 0.6 is 11.6 Å². The predicted molar refractivity (Wildman–Crippen MR) is 53.0 cm³/mol. The van der Waals surface area contributed by atoms with Gasteiger partial charge < -0.3 is 0 Å². The Hall–Kier alpha value is -1.29. The van der Waals surface area contributed by atoms with Gasteiger partial charge in [-0.3, -0.25) is 9.79 Å². The van der Waals surface area contributed by atoms with Crippen LogP contribution in [0, 0.1) is 17.6 Å². The number of Topliss-reactive ketones (excluding diaryl/α,β-unsaturated/α-hetero) is 1. The first-order valence-electron chi connectivity index (χ1n) is 4.28. The molecule has 78 valence electrons. The highest BCUT2D eigenvalue weighted by molar-refractivity contribution is 6.31. The highest BCUT2D eigenvalue weighted by atomic mass is 35.5. The van der Waals surface area contributed by atoms with E-state index in [4.69, 9.17) is 11.6 Å². The SMILES string of the molecule is CC1C=Nc2c(cc(F)c(Cl)c2F)C1=O. The summed E-state index contributed by atoms with van der Waals surface area (Å²) in [6.45, 7) is 1.61. The number of hydrogen-bond acceptors (Lipinski definition) is 2. The fourth-order valence-electron chi connectivity index (χ4n) is 1.40. The third-order valence-corrected chi connectivity index (χ3v) is 2.59. The Morgan fingerprint density at radius 1 is 1.47 bits per heavy atom. The number of carbonyl (C=O) groups excluding carboxylic acids is 1. The third-order valence-electron chi connectivity index (χ3n) is 2.24. The molecule has 0 N–H and O–H groups in total. The molecule has 1 aliphatic rings. The van der Waals surface area contributed by atoms with E-state index in [-0.39, 0.29) is 17.0 Å². The topological polar surface area (TPSA) is 29.4 Å². The zero-order chi connectivity index (χ0) is 11.2. The first-order chi connectivity index (χ1) is 7.02. The van der Waals surface area contributed by atoms with Crippen molar-refractivity contribution in [1.82, 2.24) is 0 Å². The quantitative estimate of drug-likeness (QED) is 0.629. The summed E-state index contributed by atoms with van der Waals surface area (Å²) >= 11 is 5.36. The van der Waals surface area contributed by atoms with E-state index in [9.17, 15) is 13.6 Å². The highest BCUT2D eigenvalue weighted by Gasteiger charge is 2.26. The molecule has 0 saturated heterocycles. The van der Waals surface area contributed by atoms with Crippen LogP contribution in [0.1, 0.15) is 17.3 Å². The first-order valence-corrected chi connectivity index (χ1v) is 4.66. The van der Waals surface area contributed by atoms with Gasteiger partial charge in [0, 0.05) is 11.8 Å². The van der Waals surface area contributed by atoms with E-state index in [0.717, 1.165) is 6.07 Å². The Bertz CT molecular complexity index is 485. The summed E-state index contributed by atoms with van der Waals surface area (Å²) in [6.07, 6.45) is 1.32. The molecule has 1 atom stereocenters. The monoisotopic (exact) mass is 229 g/mol. The molecule has 0 aromatic heterocycles. The summed E-state index contributed by atoms with van der Waals surface area (Å²) in [5.74, 6) is -2.74. The van der Waals surface area contributed by atoms with Gasteiger partial charge >= 0.3 is 0 Å². The van der Waals surface area contributed by atoms with Gasteiger partial charge in [0.1, 0.15) is 16.5 Å². The number of halogens is 3. The average Bonchev–Trinajstić information content (AvgIpc) is 2.21. The molecule has 0 radical (unpaired) electrons. The van der Waals surface area contributed by atoms with Crippen molar-refractivity contribution in [2.75, 3.05) is 0 Å². The lowest BCUT2D eigenvalue weighted by molar-refractivity contribution is 0.0961. The van der Waals surface area contributed by atoms with Crippen LogP contribution in [0.3, 0.4) is 0 Å². The van der Waals surface area contributed by atoms with Gasteiger partial charge in [-0.2, -0.15) is 0 Å². The molecular formula is C10H6ClF2NO. The lowest BCUT2D eigenvalue weighted by Gasteiger charge is -2.14. The number of hydrogen-bond donors (Lipinski definition) is 0. The molecule has 1 aromatic carbocycles. The smallest absolute Gasteiger partial charge is 0.173 e. The number of benzene rings is 1. The van der Waals surface area contributed by atoms with E-state index in [1.165, 1.54) is 6.21 Å². The van der Waals surface area contributed by atoms with E-state index in [1.807, 2.05) is 0 Å². The Morgan fingerprint density at radius 3 is 2.80 bits per heavy atom. The molecule has 1 heterocycles. The summed E-state index contributed by atoms with van der Waals surface area (Å²) in [7, 11) is 0. The van der Waals surface area contributed by atoms with E-state index in [0.29, 0.717) is 0 Å². The summed E-state index contributed by atoms with van der Waals surface area (Å²) in [4.78, 5) is 15.3. The van der Waals surface area contributed by atoms with Crippen molar-refractivity contribution in [2.45, 2.75) is 6.92 Å². The van der Waals surface area contributed by atoms with Crippen molar-refractivity contribution in [3.05, 3.63) is 28.3 Å². The molecule has 15 heavy (non-hydrogen) atoms. The van der Waals surface area contributed by atoms with Gasteiger partial charge in [0.2, 0.25) is 0 Å². The van der Waals surface area contributed by atoms with Crippen molar-refractivity contribution in [2.24, 2.45) is 10.9 Å². The van der Waals surface area contributed by atoms with Crippen LogP contribution in [0.5, 0.6) is 0 Å². The number of carbonyl (C=O) groups is 1. The number of fused-ring (bicyclic) bond motifs is 1. The third kappa shape index (κ3) is 1.45. The van der Waals surface area contributed by atoms with Gasteiger partial charge in [-0.1, -0.05) is 18.5 Å². The standard InChI is InChI=1S/C10H6ClF2NO/c1-4-3-14-9-5(10(4)15)2-6(12)7(11)8(9)13/h2-4H,1H3. The van der Waals surface area contributed by atoms with E-state index < -0.39 is 22.6 Å². The lowest BCUT2D eigenvalue weighted by Crippen LogP contribution is -2.17. The summed E-state index contributed by atoms with van der Waals surface area (Å²) < 4.78 is 26.5. The minimum absolute atomic E-state index is 0.0515. The Kier molecular flexibility index (Phi) is 2.31. The van der Waals surface area contributed by atoms with Crippen LogP contribution in [-0.4, -0.2) is 12.0 Å². The van der Waals surface area contributed by atoms with Crippen LogP contribution in [0.2, 0.25) is 5.02 Å². The van der Waals surface area contributed by atoms with Gasteiger partial charge in [-0.05, 0) is 6.07 Å². The maximum Gasteiger partial charge on any atom is 0.173 e. The molecule has 2 rings (SSSR count). The van der Waals surface area contributed by atoms with E-state index in [2.05, 4.69) is 4.99 Å². The van der Waals surface area contributed by atoms with E-state index >= 15 is 0 Å². The maximum absolute atomic E-state index is 13.4. The molecule has 0 bridgehead atoms. The van der Waals surface area contributed by atoms with E-state index in [1.54, 1.807) is 6.92 Å². The zero-order valence-electron chi connectivity index (χ0n) is 7.72. The van der Waals surface area contributed by atoms with Crippen molar-refractivity contribution in [1.29, 1.82) is 0 Å². The molecule has 1 aromatic rings. The van der Waals surface area contributed by atoms with Crippen molar-refractivity contribution < 1.29 is 13.6 Å². The minimum atomic E-state index is -0.983.